The number of imide groups is 1. The molecule has 2 amide bonds. The normalized spacial score (nSPS) is 26.5. The van der Waals surface area contributed by atoms with Crippen molar-refractivity contribution in [3.8, 4) is 11.5 Å². The maximum Gasteiger partial charge on any atom is 0.251 e. The molecule has 1 aromatic rings. The van der Waals surface area contributed by atoms with Gasteiger partial charge in [-0.1, -0.05) is 6.42 Å². The summed E-state index contributed by atoms with van der Waals surface area (Å²) in [5, 5.41) is 9.30. The van der Waals surface area contributed by atoms with Gasteiger partial charge >= 0.3 is 0 Å². The molecule has 1 aromatic carbocycles. The van der Waals surface area contributed by atoms with Crippen molar-refractivity contribution in [3.63, 3.8) is 0 Å². The number of nitrogens with zero attached hydrogens (tertiary/aromatic N) is 2. The zero-order valence-corrected chi connectivity index (χ0v) is 14.0. The average Bonchev–Trinajstić information content (AvgIpc) is 3.19. The van der Waals surface area contributed by atoms with Crippen molar-refractivity contribution in [1.29, 1.82) is 0 Å². The summed E-state index contributed by atoms with van der Waals surface area (Å²) >= 11 is 0. The zero-order chi connectivity index (χ0) is 17.4. The first-order chi connectivity index (χ1) is 12.2. The van der Waals surface area contributed by atoms with Crippen LogP contribution in [-0.2, 0) is 9.59 Å². The molecule has 4 rings (SSSR count). The Balaban J connectivity index is 1.57. The lowest BCUT2D eigenvalue weighted by Crippen LogP contribution is -2.50. The molecule has 0 bridgehead atoms. The third kappa shape index (κ3) is 2.87. The number of hydrogen-bond donors (Lipinski definition) is 1. The van der Waals surface area contributed by atoms with E-state index in [1.54, 1.807) is 18.2 Å². The van der Waals surface area contributed by atoms with E-state index >= 15 is 0 Å². The van der Waals surface area contributed by atoms with E-state index in [0.29, 0.717) is 23.6 Å². The molecule has 0 aliphatic carbocycles. The van der Waals surface area contributed by atoms with Gasteiger partial charge in [-0.05, 0) is 37.9 Å². The summed E-state index contributed by atoms with van der Waals surface area (Å²) in [5.74, 6) is 0.798. The van der Waals surface area contributed by atoms with Crippen LogP contribution in [0.3, 0.4) is 0 Å². The molecule has 0 unspecified atom stereocenters. The fourth-order valence-corrected chi connectivity index (χ4v) is 4.06. The van der Waals surface area contributed by atoms with Crippen molar-refractivity contribution in [2.24, 2.45) is 0 Å². The van der Waals surface area contributed by atoms with Crippen molar-refractivity contribution >= 4 is 17.5 Å². The minimum Gasteiger partial charge on any atom is -0.454 e. The summed E-state index contributed by atoms with van der Waals surface area (Å²) in [4.78, 5) is 28.9. The predicted molar refractivity (Wildman–Crippen MR) is 89.5 cm³/mol. The van der Waals surface area contributed by atoms with Crippen molar-refractivity contribution in [2.45, 2.75) is 44.2 Å². The second-order valence-electron chi connectivity index (χ2n) is 6.72. The Bertz CT molecular complexity index is 690. The molecule has 134 valence electrons. The fourth-order valence-electron chi connectivity index (χ4n) is 4.06. The lowest BCUT2D eigenvalue weighted by molar-refractivity contribution is -0.123. The van der Waals surface area contributed by atoms with E-state index in [1.165, 1.54) is 4.90 Å². The van der Waals surface area contributed by atoms with Crippen LogP contribution in [0.4, 0.5) is 5.69 Å². The molecule has 25 heavy (non-hydrogen) atoms. The van der Waals surface area contributed by atoms with Gasteiger partial charge in [0.05, 0.1) is 18.2 Å². The van der Waals surface area contributed by atoms with E-state index in [2.05, 4.69) is 4.90 Å². The van der Waals surface area contributed by atoms with Gasteiger partial charge in [0.1, 0.15) is 0 Å². The number of anilines is 1. The molecular formula is C18H22N2O5. The van der Waals surface area contributed by atoms with Gasteiger partial charge in [0.15, 0.2) is 11.5 Å². The summed E-state index contributed by atoms with van der Waals surface area (Å²) in [7, 11) is 0. The first kappa shape index (κ1) is 16.4. The molecule has 2 atom stereocenters. The van der Waals surface area contributed by atoms with Gasteiger partial charge in [0.2, 0.25) is 12.7 Å². The number of benzene rings is 1. The van der Waals surface area contributed by atoms with E-state index in [1.807, 2.05) is 0 Å². The van der Waals surface area contributed by atoms with Crippen LogP contribution in [0.5, 0.6) is 11.5 Å². The molecule has 3 heterocycles. The molecule has 2 fully saturated rings. The van der Waals surface area contributed by atoms with E-state index in [4.69, 9.17) is 9.47 Å². The zero-order valence-electron chi connectivity index (χ0n) is 14.0. The lowest BCUT2D eigenvalue weighted by atomic mass is 9.97. The molecule has 3 aliphatic rings. The summed E-state index contributed by atoms with van der Waals surface area (Å²) in [5.41, 5.74) is 0.525. The number of rotatable bonds is 4. The van der Waals surface area contributed by atoms with Crippen LogP contribution < -0.4 is 14.4 Å². The molecular weight excluding hydrogens is 324 g/mol. The van der Waals surface area contributed by atoms with Crippen LogP contribution in [0, 0.1) is 0 Å². The second kappa shape index (κ2) is 6.65. The minimum absolute atomic E-state index is 0.0991. The van der Waals surface area contributed by atoms with Crippen LogP contribution in [0.25, 0.3) is 0 Å². The van der Waals surface area contributed by atoms with Gasteiger partial charge in [-0.3, -0.25) is 14.5 Å². The summed E-state index contributed by atoms with van der Waals surface area (Å²) in [6.45, 7) is 1.05. The Morgan fingerprint density at radius 3 is 2.84 bits per heavy atom. The first-order valence-corrected chi connectivity index (χ1v) is 8.82. The first-order valence-electron chi connectivity index (χ1n) is 8.82. The standard InChI is InChI=1S/C18H22N2O5/c21-8-6-12-3-1-2-7-19(12)14-10-17(22)20(18(14)23)13-4-5-15-16(9-13)25-11-24-15/h4-5,9,12,14,21H,1-3,6-8,10-11H2/t12-,14-/m1/s1. The summed E-state index contributed by atoms with van der Waals surface area (Å²) in [6.07, 6.45) is 3.91. The minimum atomic E-state index is -0.435. The molecule has 3 aliphatic heterocycles. The van der Waals surface area contributed by atoms with E-state index in [-0.39, 0.29) is 37.7 Å². The van der Waals surface area contributed by atoms with Gasteiger partial charge in [0.25, 0.3) is 5.91 Å². The highest BCUT2D eigenvalue weighted by Crippen LogP contribution is 2.38. The number of hydrogen-bond acceptors (Lipinski definition) is 6. The van der Waals surface area contributed by atoms with Crippen LogP contribution in [0.1, 0.15) is 32.1 Å². The smallest absolute Gasteiger partial charge is 0.251 e. The number of aliphatic hydroxyl groups excluding tert-OH is 1. The van der Waals surface area contributed by atoms with Crippen LogP contribution in [0.2, 0.25) is 0 Å². The highest BCUT2D eigenvalue weighted by Gasteiger charge is 2.45. The van der Waals surface area contributed by atoms with Gasteiger partial charge in [-0.2, -0.15) is 0 Å². The van der Waals surface area contributed by atoms with Crippen LogP contribution in [-0.4, -0.2) is 53.8 Å². The van der Waals surface area contributed by atoms with Crippen molar-refractivity contribution in [3.05, 3.63) is 18.2 Å². The highest BCUT2D eigenvalue weighted by atomic mass is 16.7. The Hall–Kier alpha value is -2.12. The van der Waals surface area contributed by atoms with Crippen LogP contribution >= 0.6 is 0 Å². The van der Waals surface area contributed by atoms with Gasteiger partial charge in [0, 0.05) is 18.7 Å². The number of likely N-dealkylation sites (tertiary alicyclic amines) is 1. The fraction of sp³-hybridized carbons (Fsp3) is 0.556. The summed E-state index contributed by atoms with van der Waals surface area (Å²) in [6, 6.07) is 4.85. The molecule has 0 spiro atoms. The molecule has 0 aromatic heterocycles. The number of amides is 2. The number of carbonyl (C=O) groups excluding carboxylic acids is 2. The Morgan fingerprint density at radius 1 is 1.16 bits per heavy atom. The van der Waals surface area contributed by atoms with E-state index in [9.17, 15) is 14.7 Å². The molecule has 2 saturated heterocycles. The largest absolute Gasteiger partial charge is 0.454 e. The van der Waals surface area contributed by atoms with Gasteiger partial charge in [-0.25, -0.2) is 4.90 Å². The number of carbonyl (C=O) groups is 2. The maximum atomic E-state index is 13.0. The Kier molecular flexibility index (Phi) is 4.35. The molecule has 1 N–H and O–H groups in total. The number of fused-ring (bicyclic) bond motifs is 1. The Labute approximate surface area is 146 Å². The number of aliphatic hydroxyl groups is 1. The van der Waals surface area contributed by atoms with Gasteiger partial charge < -0.3 is 14.6 Å². The van der Waals surface area contributed by atoms with Crippen molar-refractivity contribution < 1.29 is 24.2 Å². The van der Waals surface area contributed by atoms with Crippen molar-refractivity contribution in [2.75, 3.05) is 24.8 Å². The monoisotopic (exact) mass is 346 g/mol. The molecule has 0 saturated carbocycles. The highest BCUT2D eigenvalue weighted by molar-refractivity contribution is 6.22. The third-order valence-electron chi connectivity index (χ3n) is 5.27. The summed E-state index contributed by atoms with van der Waals surface area (Å²) < 4.78 is 10.6. The van der Waals surface area contributed by atoms with Crippen LogP contribution in [0.15, 0.2) is 18.2 Å². The Morgan fingerprint density at radius 2 is 2.00 bits per heavy atom. The lowest BCUT2D eigenvalue weighted by Gasteiger charge is -2.38. The number of piperidine rings is 1. The van der Waals surface area contributed by atoms with E-state index < -0.39 is 6.04 Å². The topological polar surface area (TPSA) is 79.3 Å². The van der Waals surface area contributed by atoms with E-state index in [0.717, 1.165) is 25.8 Å². The predicted octanol–water partition coefficient (Wildman–Crippen LogP) is 1.28. The molecule has 0 radical (unpaired) electrons. The van der Waals surface area contributed by atoms with Crippen molar-refractivity contribution in [1.82, 2.24) is 4.90 Å². The number of ether oxygens (including phenoxy) is 2. The van der Waals surface area contributed by atoms with Gasteiger partial charge in [-0.15, -0.1) is 0 Å². The average molecular weight is 346 g/mol. The quantitative estimate of drug-likeness (QED) is 0.828. The SMILES string of the molecule is O=C1C[C@@H](N2CCCC[C@@H]2CCO)C(=O)N1c1ccc2c(c1)OCO2. The second-order valence-corrected chi connectivity index (χ2v) is 6.72. The molecule has 7 heteroatoms. The third-order valence-corrected chi connectivity index (χ3v) is 5.27. The molecule has 7 nitrogen and oxygen atoms in total. The maximum absolute atomic E-state index is 13.0.